The third-order valence-electron chi connectivity index (χ3n) is 2.45. The predicted octanol–water partition coefficient (Wildman–Crippen LogP) is 1.88. The van der Waals surface area contributed by atoms with Crippen LogP contribution in [-0.4, -0.2) is 28.9 Å². The summed E-state index contributed by atoms with van der Waals surface area (Å²) in [5, 5.41) is 0. The minimum atomic E-state index is -0.426. The molecule has 0 atom stereocenters. The number of aryl methyl sites for hydroxylation is 1. The van der Waals surface area contributed by atoms with E-state index in [2.05, 4.69) is 0 Å². The van der Waals surface area contributed by atoms with Gasteiger partial charge >= 0.3 is 0 Å². The number of hydrogen-bond donors (Lipinski definition) is 1. The van der Waals surface area contributed by atoms with E-state index in [0.717, 1.165) is 5.56 Å². The molecule has 0 heterocycles. The van der Waals surface area contributed by atoms with Crippen LogP contribution in [0.15, 0.2) is 18.2 Å². The molecule has 0 aliphatic carbocycles. The maximum atomic E-state index is 13.1. The molecular weight excluding hydrogens is 239 g/mol. The lowest BCUT2D eigenvalue weighted by Crippen LogP contribution is -2.37. The Hall–Kier alpha value is -1.49. The van der Waals surface area contributed by atoms with Crippen LogP contribution in [0.1, 0.15) is 22.8 Å². The van der Waals surface area contributed by atoms with Gasteiger partial charge in [-0.15, -0.1) is 0 Å². The monoisotopic (exact) mass is 254 g/mol. The van der Waals surface area contributed by atoms with Gasteiger partial charge in [0.15, 0.2) is 0 Å². The van der Waals surface area contributed by atoms with Gasteiger partial charge in [-0.1, -0.05) is 18.3 Å². The highest BCUT2D eigenvalue weighted by Gasteiger charge is 2.17. The summed E-state index contributed by atoms with van der Waals surface area (Å²) < 4.78 is 13.1. The second kappa shape index (κ2) is 5.72. The first-order valence-corrected chi connectivity index (χ1v) is 5.70. The molecule has 0 unspecified atom stereocenters. The lowest BCUT2D eigenvalue weighted by Gasteiger charge is -2.21. The third kappa shape index (κ3) is 3.49. The number of hydrogen-bond acceptors (Lipinski definition) is 2. The molecule has 0 aliphatic rings. The number of rotatable bonds is 4. The summed E-state index contributed by atoms with van der Waals surface area (Å²) >= 11 is 4.78. The summed E-state index contributed by atoms with van der Waals surface area (Å²) in [6, 6.07) is 4.15. The van der Waals surface area contributed by atoms with Gasteiger partial charge in [-0.25, -0.2) is 4.39 Å². The molecule has 0 saturated carbocycles. The fourth-order valence-corrected chi connectivity index (χ4v) is 1.67. The van der Waals surface area contributed by atoms with Crippen LogP contribution in [-0.2, 0) is 0 Å². The van der Waals surface area contributed by atoms with E-state index in [9.17, 15) is 9.18 Å². The Morgan fingerprint density at radius 3 is 2.71 bits per heavy atom. The number of carbonyl (C=O) groups is 1. The van der Waals surface area contributed by atoms with Crippen molar-refractivity contribution in [2.75, 3.05) is 13.1 Å². The van der Waals surface area contributed by atoms with E-state index >= 15 is 0 Å². The van der Waals surface area contributed by atoms with Crippen molar-refractivity contribution < 1.29 is 9.18 Å². The van der Waals surface area contributed by atoms with Crippen molar-refractivity contribution in [3.05, 3.63) is 35.1 Å². The van der Waals surface area contributed by atoms with Crippen molar-refractivity contribution in [1.29, 1.82) is 0 Å². The molecule has 17 heavy (non-hydrogen) atoms. The number of halogens is 1. The number of carbonyl (C=O) groups excluding carboxylic acids is 1. The third-order valence-corrected chi connectivity index (χ3v) is 2.57. The van der Waals surface area contributed by atoms with Crippen molar-refractivity contribution >= 4 is 23.1 Å². The fraction of sp³-hybridized carbons (Fsp3) is 0.333. The van der Waals surface area contributed by atoms with E-state index < -0.39 is 5.82 Å². The van der Waals surface area contributed by atoms with Crippen LogP contribution in [0.25, 0.3) is 0 Å². The van der Waals surface area contributed by atoms with Crippen LogP contribution in [0, 0.1) is 12.7 Å². The minimum Gasteiger partial charge on any atom is -0.392 e. The SMILES string of the molecule is CCN(CC(N)=S)C(=O)c1cc(F)ccc1C. The van der Waals surface area contributed by atoms with Gasteiger partial charge in [0, 0.05) is 12.1 Å². The molecule has 0 aromatic heterocycles. The summed E-state index contributed by atoms with van der Waals surface area (Å²) in [5.74, 6) is -0.678. The summed E-state index contributed by atoms with van der Waals surface area (Å²) in [7, 11) is 0. The second-order valence-electron chi connectivity index (χ2n) is 3.74. The molecule has 5 heteroatoms. The molecule has 0 radical (unpaired) electrons. The molecule has 3 nitrogen and oxygen atoms in total. The molecule has 0 saturated heterocycles. The average Bonchev–Trinajstić information content (AvgIpc) is 2.28. The first-order valence-electron chi connectivity index (χ1n) is 5.29. The summed E-state index contributed by atoms with van der Waals surface area (Å²) in [6.07, 6.45) is 0. The summed E-state index contributed by atoms with van der Waals surface area (Å²) in [4.78, 5) is 13.9. The van der Waals surface area contributed by atoms with Crippen molar-refractivity contribution in [3.63, 3.8) is 0 Å². The molecule has 1 aromatic rings. The van der Waals surface area contributed by atoms with Crippen molar-refractivity contribution in [1.82, 2.24) is 4.90 Å². The summed E-state index contributed by atoms with van der Waals surface area (Å²) in [6.45, 7) is 4.28. The van der Waals surface area contributed by atoms with Crippen molar-refractivity contribution in [2.24, 2.45) is 5.73 Å². The second-order valence-corrected chi connectivity index (χ2v) is 4.27. The molecule has 0 aliphatic heterocycles. The van der Waals surface area contributed by atoms with E-state index in [1.807, 2.05) is 6.92 Å². The maximum Gasteiger partial charge on any atom is 0.254 e. The Bertz CT molecular complexity index is 448. The highest BCUT2D eigenvalue weighted by molar-refractivity contribution is 7.80. The number of nitrogens with two attached hydrogens (primary N) is 1. The lowest BCUT2D eigenvalue weighted by molar-refractivity contribution is 0.0786. The number of thiocarbonyl (C=S) groups is 1. The van der Waals surface area contributed by atoms with Gasteiger partial charge in [0.05, 0.1) is 11.5 Å². The van der Waals surface area contributed by atoms with Gasteiger partial charge in [0.25, 0.3) is 5.91 Å². The number of likely N-dealkylation sites (N-methyl/N-ethyl adjacent to an activating group) is 1. The first kappa shape index (κ1) is 13.6. The zero-order chi connectivity index (χ0) is 13.0. The van der Waals surface area contributed by atoms with E-state index in [-0.39, 0.29) is 17.4 Å². The number of nitrogens with zero attached hydrogens (tertiary/aromatic N) is 1. The smallest absolute Gasteiger partial charge is 0.254 e. The fourth-order valence-electron chi connectivity index (χ4n) is 1.51. The quantitative estimate of drug-likeness (QED) is 0.835. The highest BCUT2D eigenvalue weighted by atomic mass is 32.1. The average molecular weight is 254 g/mol. The molecule has 1 amide bonds. The molecule has 0 bridgehead atoms. The number of benzene rings is 1. The van der Waals surface area contributed by atoms with Crippen molar-refractivity contribution in [2.45, 2.75) is 13.8 Å². The maximum absolute atomic E-state index is 13.1. The molecule has 1 rings (SSSR count). The standard InChI is InChI=1S/C12H15FN2OS/c1-3-15(7-11(14)17)12(16)10-6-9(13)5-4-8(10)2/h4-6H,3,7H2,1-2H3,(H2,14,17). The van der Waals surface area contributed by atoms with Gasteiger partial charge < -0.3 is 10.6 Å². The van der Waals surface area contributed by atoms with Gasteiger partial charge in [0.2, 0.25) is 0 Å². The van der Waals surface area contributed by atoms with E-state index in [1.165, 1.54) is 17.0 Å². The predicted molar refractivity (Wildman–Crippen MR) is 69.5 cm³/mol. The minimum absolute atomic E-state index is 0.209. The van der Waals surface area contributed by atoms with Gasteiger partial charge in [0.1, 0.15) is 5.82 Å². The Kier molecular flexibility index (Phi) is 4.57. The molecule has 0 fully saturated rings. The Balaban J connectivity index is 3.01. The zero-order valence-corrected chi connectivity index (χ0v) is 10.7. The normalized spacial score (nSPS) is 10.1. The van der Waals surface area contributed by atoms with E-state index in [0.29, 0.717) is 12.1 Å². The Morgan fingerprint density at radius 1 is 1.53 bits per heavy atom. The topological polar surface area (TPSA) is 46.3 Å². The Labute approximate surface area is 105 Å². The van der Waals surface area contributed by atoms with Crippen LogP contribution in [0.2, 0.25) is 0 Å². The molecule has 92 valence electrons. The highest BCUT2D eigenvalue weighted by Crippen LogP contribution is 2.13. The number of amides is 1. The van der Waals surface area contributed by atoms with Crippen LogP contribution in [0.5, 0.6) is 0 Å². The molecular formula is C12H15FN2OS. The summed E-state index contributed by atoms with van der Waals surface area (Å²) in [5.41, 5.74) is 6.50. The zero-order valence-electron chi connectivity index (χ0n) is 9.87. The lowest BCUT2D eigenvalue weighted by atomic mass is 10.1. The van der Waals surface area contributed by atoms with E-state index in [1.54, 1.807) is 13.0 Å². The Morgan fingerprint density at radius 2 is 2.18 bits per heavy atom. The van der Waals surface area contributed by atoms with E-state index in [4.69, 9.17) is 18.0 Å². The largest absolute Gasteiger partial charge is 0.392 e. The first-order chi connectivity index (χ1) is 7.95. The molecule has 2 N–H and O–H groups in total. The van der Waals surface area contributed by atoms with Crippen LogP contribution < -0.4 is 5.73 Å². The van der Waals surface area contributed by atoms with Crippen molar-refractivity contribution in [3.8, 4) is 0 Å². The van der Waals surface area contributed by atoms with Crippen LogP contribution in [0.4, 0.5) is 4.39 Å². The van der Waals surface area contributed by atoms with Crippen LogP contribution in [0.3, 0.4) is 0 Å². The van der Waals surface area contributed by atoms with Gasteiger partial charge in [-0.05, 0) is 31.5 Å². The van der Waals surface area contributed by atoms with Gasteiger partial charge in [-0.3, -0.25) is 4.79 Å². The molecule has 1 aromatic carbocycles. The molecule has 0 spiro atoms. The van der Waals surface area contributed by atoms with Gasteiger partial charge in [-0.2, -0.15) is 0 Å². The van der Waals surface area contributed by atoms with Crippen LogP contribution >= 0.6 is 12.2 Å².